The van der Waals surface area contributed by atoms with E-state index in [4.69, 9.17) is 5.11 Å². The molecule has 2 N–H and O–H groups in total. The van der Waals surface area contributed by atoms with E-state index in [2.05, 4.69) is 31.3 Å². The molecule has 1 rings (SSSR count). The summed E-state index contributed by atoms with van der Waals surface area (Å²) >= 11 is 0. The van der Waals surface area contributed by atoms with Gasteiger partial charge in [0.25, 0.3) is 0 Å². The normalized spacial score (nSPS) is 10.6. The highest BCUT2D eigenvalue weighted by Crippen LogP contribution is 2.11. The van der Waals surface area contributed by atoms with Gasteiger partial charge in [0.1, 0.15) is 0 Å². The minimum Gasteiger partial charge on any atom is -0.396 e. The second-order valence-corrected chi connectivity index (χ2v) is 3.95. The van der Waals surface area contributed by atoms with E-state index >= 15 is 0 Å². The zero-order chi connectivity index (χ0) is 10.4. The van der Waals surface area contributed by atoms with Crippen LogP contribution < -0.4 is 5.32 Å². The largest absolute Gasteiger partial charge is 0.396 e. The van der Waals surface area contributed by atoms with Crippen LogP contribution in [0.15, 0.2) is 24.3 Å². The SMILES string of the molecule is CC(C)CNc1cccc(CCO)c1. The lowest BCUT2D eigenvalue weighted by Gasteiger charge is -2.09. The highest BCUT2D eigenvalue weighted by Gasteiger charge is 1.96. The van der Waals surface area contributed by atoms with Gasteiger partial charge in [0, 0.05) is 18.8 Å². The zero-order valence-electron chi connectivity index (χ0n) is 8.96. The summed E-state index contributed by atoms with van der Waals surface area (Å²) in [7, 11) is 0. The molecule has 0 radical (unpaired) electrons. The van der Waals surface area contributed by atoms with Gasteiger partial charge in [0.15, 0.2) is 0 Å². The average Bonchev–Trinajstić information content (AvgIpc) is 2.16. The molecule has 0 aliphatic heterocycles. The van der Waals surface area contributed by atoms with Crippen LogP contribution in [0.5, 0.6) is 0 Å². The maximum Gasteiger partial charge on any atom is 0.0471 e. The van der Waals surface area contributed by atoms with E-state index < -0.39 is 0 Å². The van der Waals surface area contributed by atoms with Gasteiger partial charge < -0.3 is 10.4 Å². The van der Waals surface area contributed by atoms with E-state index in [1.807, 2.05) is 12.1 Å². The van der Waals surface area contributed by atoms with Crippen molar-refractivity contribution in [3.63, 3.8) is 0 Å². The fourth-order valence-electron chi connectivity index (χ4n) is 1.29. The van der Waals surface area contributed by atoms with E-state index in [0.717, 1.165) is 18.7 Å². The van der Waals surface area contributed by atoms with Gasteiger partial charge in [-0.25, -0.2) is 0 Å². The number of anilines is 1. The molecule has 14 heavy (non-hydrogen) atoms. The Morgan fingerprint density at radius 3 is 2.79 bits per heavy atom. The summed E-state index contributed by atoms with van der Waals surface area (Å²) in [5, 5.41) is 12.2. The number of benzene rings is 1. The lowest BCUT2D eigenvalue weighted by Crippen LogP contribution is -2.08. The van der Waals surface area contributed by atoms with Gasteiger partial charge in [-0.3, -0.25) is 0 Å². The van der Waals surface area contributed by atoms with Gasteiger partial charge in [-0.05, 0) is 30.0 Å². The minimum absolute atomic E-state index is 0.216. The average molecular weight is 193 g/mol. The predicted octanol–water partition coefficient (Wildman–Crippen LogP) is 2.29. The molecule has 2 nitrogen and oxygen atoms in total. The zero-order valence-corrected chi connectivity index (χ0v) is 8.96. The first-order chi connectivity index (χ1) is 6.72. The first kappa shape index (κ1) is 11.1. The van der Waals surface area contributed by atoms with Crippen LogP contribution in [-0.4, -0.2) is 18.3 Å². The Labute approximate surface area is 86.0 Å². The third-order valence-corrected chi connectivity index (χ3v) is 2.04. The Morgan fingerprint density at radius 2 is 2.14 bits per heavy atom. The smallest absolute Gasteiger partial charge is 0.0471 e. The van der Waals surface area contributed by atoms with Crippen LogP contribution in [-0.2, 0) is 6.42 Å². The number of hydrogen-bond donors (Lipinski definition) is 2. The van der Waals surface area contributed by atoms with E-state index in [-0.39, 0.29) is 6.61 Å². The third kappa shape index (κ3) is 3.79. The molecule has 0 heterocycles. The highest BCUT2D eigenvalue weighted by atomic mass is 16.2. The van der Waals surface area contributed by atoms with Crippen LogP contribution >= 0.6 is 0 Å². The fourth-order valence-corrected chi connectivity index (χ4v) is 1.29. The topological polar surface area (TPSA) is 32.3 Å². The van der Waals surface area contributed by atoms with E-state index in [9.17, 15) is 0 Å². The quantitative estimate of drug-likeness (QED) is 0.752. The van der Waals surface area contributed by atoms with Gasteiger partial charge >= 0.3 is 0 Å². The molecule has 2 heteroatoms. The summed E-state index contributed by atoms with van der Waals surface area (Å²) in [5.74, 6) is 0.650. The van der Waals surface area contributed by atoms with Crippen molar-refractivity contribution in [3.05, 3.63) is 29.8 Å². The van der Waals surface area contributed by atoms with Crippen molar-refractivity contribution in [2.24, 2.45) is 5.92 Å². The molecule has 0 saturated heterocycles. The summed E-state index contributed by atoms with van der Waals surface area (Å²) in [6.07, 6.45) is 0.733. The van der Waals surface area contributed by atoms with Gasteiger partial charge in [0.05, 0.1) is 0 Å². The summed E-state index contributed by atoms with van der Waals surface area (Å²) in [6.45, 7) is 5.57. The second kappa shape index (κ2) is 5.66. The Hall–Kier alpha value is -1.02. The Morgan fingerprint density at radius 1 is 1.36 bits per heavy atom. The van der Waals surface area contributed by atoms with Crippen molar-refractivity contribution < 1.29 is 5.11 Å². The minimum atomic E-state index is 0.216. The van der Waals surface area contributed by atoms with Crippen LogP contribution in [0.1, 0.15) is 19.4 Å². The molecule has 0 bridgehead atoms. The van der Waals surface area contributed by atoms with Crippen LogP contribution in [0.2, 0.25) is 0 Å². The van der Waals surface area contributed by atoms with Gasteiger partial charge in [-0.2, -0.15) is 0 Å². The number of rotatable bonds is 5. The summed E-state index contributed by atoms with van der Waals surface area (Å²) < 4.78 is 0. The third-order valence-electron chi connectivity index (χ3n) is 2.04. The maximum atomic E-state index is 8.81. The van der Waals surface area contributed by atoms with Crippen molar-refractivity contribution in [2.45, 2.75) is 20.3 Å². The molecule has 0 spiro atoms. The van der Waals surface area contributed by atoms with Crippen molar-refractivity contribution in [3.8, 4) is 0 Å². The number of nitrogens with one attached hydrogen (secondary N) is 1. The lowest BCUT2D eigenvalue weighted by molar-refractivity contribution is 0.299. The van der Waals surface area contributed by atoms with Gasteiger partial charge in [0.2, 0.25) is 0 Å². The van der Waals surface area contributed by atoms with Crippen molar-refractivity contribution in [1.82, 2.24) is 0 Å². The van der Waals surface area contributed by atoms with Crippen molar-refractivity contribution in [1.29, 1.82) is 0 Å². The molecule has 0 aliphatic carbocycles. The molecule has 0 unspecified atom stereocenters. The molecule has 1 aromatic rings. The molecule has 0 atom stereocenters. The Balaban J connectivity index is 2.54. The Bertz CT molecular complexity index is 271. The summed E-state index contributed by atoms with van der Waals surface area (Å²) in [4.78, 5) is 0. The van der Waals surface area contributed by atoms with Crippen LogP contribution in [0.4, 0.5) is 5.69 Å². The van der Waals surface area contributed by atoms with E-state index in [1.54, 1.807) is 0 Å². The first-order valence-electron chi connectivity index (χ1n) is 5.16. The molecule has 0 saturated carbocycles. The van der Waals surface area contributed by atoms with E-state index in [0.29, 0.717) is 5.92 Å². The van der Waals surface area contributed by atoms with Crippen molar-refractivity contribution >= 4 is 5.69 Å². The maximum absolute atomic E-state index is 8.81. The lowest BCUT2D eigenvalue weighted by atomic mass is 10.1. The number of aliphatic hydroxyl groups is 1. The highest BCUT2D eigenvalue weighted by molar-refractivity contribution is 5.45. The van der Waals surface area contributed by atoms with Crippen molar-refractivity contribution in [2.75, 3.05) is 18.5 Å². The monoisotopic (exact) mass is 193 g/mol. The Kier molecular flexibility index (Phi) is 4.47. The van der Waals surface area contributed by atoms with E-state index in [1.165, 1.54) is 5.56 Å². The predicted molar refractivity (Wildman–Crippen MR) is 60.6 cm³/mol. The first-order valence-corrected chi connectivity index (χ1v) is 5.16. The molecular weight excluding hydrogens is 174 g/mol. The molecule has 0 aliphatic rings. The number of hydrogen-bond acceptors (Lipinski definition) is 2. The fraction of sp³-hybridized carbons (Fsp3) is 0.500. The second-order valence-electron chi connectivity index (χ2n) is 3.95. The van der Waals surface area contributed by atoms with Gasteiger partial charge in [-0.1, -0.05) is 26.0 Å². The van der Waals surface area contributed by atoms with Crippen LogP contribution in [0.25, 0.3) is 0 Å². The number of aliphatic hydroxyl groups excluding tert-OH is 1. The molecule has 1 aromatic carbocycles. The molecule has 0 fully saturated rings. The standard InChI is InChI=1S/C12H19NO/c1-10(2)9-13-12-5-3-4-11(8-12)6-7-14/h3-5,8,10,13-14H,6-7,9H2,1-2H3. The van der Waals surface area contributed by atoms with Crippen LogP contribution in [0.3, 0.4) is 0 Å². The molecule has 0 aromatic heterocycles. The summed E-state index contributed by atoms with van der Waals surface area (Å²) in [5.41, 5.74) is 2.32. The molecule has 78 valence electrons. The molecule has 0 amide bonds. The van der Waals surface area contributed by atoms with Gasteiger partial charge in [-0.15, -0.1) is 0 Å². The van der Waals surface area contributed by atoms with Crippen LogP contribution in [0, 0.1) is 5.92 Å². The molecular formula is C12H19NO. The summed E-state index contributed by atoms with van der Waals surface area (Å²) in [6, 6.07) is 8.21.